The van der Waals surface area contributed by atoms with Crippen molar-refractivity contribution in [1.82, 2.24) is 4.90 Å². The van der Waals surface area contributed by atoms with Gasteiger partial charge in [-0.15, -0.1) is 0 Å². The minimum atomic E-state index is -2.59. The molecule has 0 aromatic heterocycles. The lowest BCUT2D eigenvalue weighted by molar-refractivity contribution is -0.136. The van der Waals surface area contributed by atoms with Gasteiger partial charge in [-0.25, -0.2) is 0 Å². The molecule has 0 fully saturated rings. The maximum atomic E-state index is 12.7. The third kappa shape index (κ3) is 7.87. The zero-order valence-corrected chi connectivity index (χ0v) is 22.0. The molecule has 0 aromatic carbocycles. The highest BCUT2D eigenvalue weighted by atomic mass is 28.4. The average molecular weight is 436 g/mol. The van der Waals surface area contributed by atoms with E-state index in [4.69, 9.17) is 17.7 Å². The molecule has 0 rings (SSSR count). The van der Waals surface area contributed by atoms with Crippen molar-refractivity contribution in [1.29, 1.82) is 0 Å². The predicted octanol–water partition coefficient (Wildman–Crippen LogP) is 4.69. The van der Waals surface area contributed by atoms with Crippen molar-refractivity contribution < 1.29 is 22.5 Å². The van der Waals surface area contributed by atoms with Gasteiger partial charge in [0.15, 0.2) is 0 Å². The molecular weight excluding hydrogens is 390 g/mol. The normalized spacial score (nSPS) is 13.2. The van der Waals surface area contributed by atoms with Crippen molar-refractivity contribution in [3.8, 4) is 0 Å². The van der Waals surface area contributed by atoms with E-state index >= 15 is 0 Å². The SMILES string of the molecule is CCCO[Si](CCCN(C)CC(=O)O[Si](C(C)C)(C(C)C)C(C)C)(OC)OC. The Morgan fingerprint density at radius 2 is 1.46 bits per heavy atom. The van der Waals surface area contributed by atoms with Crippen LogP contribution in [0.5, 0.6) is 0 Å². The molecule has 8 heteroatoms. The molecular formula is C20H45NO5Si2. The summed E-state index contributed by atoms with van der Waals surface area (Å²) in [6.45, 7) is 17.0. The van der Waals surface area contributed by atoms with Crippen LogP contribution in [-0.2, 0) is 22.5 Å². The maximum absolute atomic E-state index is 12.7. The second-order valence-corrected chi connectivity index (χ2v) is 16.9. The molecule has 0 aliphatic heterocycles. The van der Waals surface area contributed by atoms with Gasteiger partial charge in [-0.1, -0.05) is 48.5 Å². The second kappa shape index (κ2) is 13.1. The van der Waals surface area contributed by atoms with E-state index in [1.54, 1.807) is 14.2 Å². The molecule has 0 amide bonds. The summed E-state index contributed by atoms with van der Waals surface area (Å²) in [6, 6.07) is 0.738. The van der Waals surface area contributed by atoms with Gasteiger partial charge in [0.1, 0.15) is 0 Å². The van der Waals surface area contributed by atoms with E-state index in [0.29, 0.717) is 29.8 Å². The van der Waals surface area contributed by atoms with Gasteiger partial charge in [0.2, 0.25) is 0 Å². The quantitative estimate of drug-likeness (QED) is 0.348. The molecule has 168 valence electrons. The monoisotopic (exact) mass is 435 g/mol. The standard InChI is InChI=1S/C20H45NO5Si2/c1-11-14-25-27(23-9,24-10)15-12-13-21(8)16-20(22)26-28(17(2)3,18(4)5)19(6)7/h17-19H,11-16H2,1-10H3. The van der Waals surface area contributed by atoms with Gasteiger partial charge in [0.25, 0.3) is 8.32 Å². The molecule has 0 bridgehead atoms. The first-order valence-electron chi connectivity index (χ1n) is 10.7. The molecule has 0 N–H and O–H groups in total. The van der Waals surface area contributed by atoms with Gasteiger partial charge in [0, 0.05) is 26.9 Å². The molecule has 0 unspecified atom stereocenters. The topological polar surface area (TPSA) is 57.2 Å². The number of carbonyl (C=O) groups is 1. The average Bonchev–Trinajstić information content (AvgIpc) is 2.61. The van der Waals surface area contributed by atoms with Gasteiger partial charge in [-0.05, 0) is 43.1 Å². The molecule has 0 radical (unpaired) electrons. The van der Waals surface area contributed by atoms with Crippen molar-refractivity contribution in [2.24, 2.45) is 0 Å². The predicted molar refractivity (Wildman–Crippen MR) is 120 cm³/mol. The number of hydrogen-bond acceptors (Lipinski definition) is 6. The minimum absolute atomic E-state index is 0.102. The third-order valence-electron chi connectivity index (χ3n) is 5.57. The van der Waals surface area contributed by atoms with E-state index in [9.17, 15) is 4.79 Å². The lowest BCUT2D eigenvalue weighted by atomic mass is 10.4. The Labute approximate surface area is 175 Å². The molecule has 28 heavy (non-hydrogen) atoms. The molecule has 0 aliphatic rings. The molecule has 0 saturated heterocycles. The van der Waals surface area contributed by atoms with Crippen LogP contribution in [0.15, 0.2) is 0 Å². The summed E-state index contributed by atoms with van der Waals surface area (Å²) in [5.41, 5.74) is 1.19. The van der Waals surface area contributed by atoms with Crippen LogP contribution >= 0.6 is 0 Å². The van der Waals surface area contributed by atoms with Crippen molar-refractivity contribution in [2.45, 2.75) is 84.0 Å². The highest BCUT2D eigenvalue weighted by Gasteiger charge is 2.48. The fraction of sp³-hybridized carbons (Fsp3) is 0.950. The summed E-state index contributed by atoms with van der Waals surface area (Å²) in [6.07, 6.45) is 1.78. The lowest BCUT2D eigenvalue weighted by Crippen LogP contribution is -2.50. The molecule has 0 spiro atoms. The summed E-state index contributed by atoms with van der Waals surface area (Å²) in [5, 5.41) is 0. The lowest BCUT2D eigenvalue weighted by Gasteiger charge is -2.41. The Hall–Kier alpha value is -0.256. The zero-order valence-electron chi connectivity index (χ0n) is 20.0. The first kappa shape index (κ1) is 27.7. The Kier molecular flexibility index (Phi) is 13.0. The van der Waals surface area contributed by atoms with Gasteiger partial charge in [-0.3, -0.25) is 9.69 Å². The number of carbonyl (C=O) groups excluding carboxylic acids is 1. The molecule has 0 aliphatic carbocycles. The van der Waals surface area contributed by atoms with Crippen LogP contribution in [0.4, 0.5) is 0 Å². The van der Waals surface area contributed by atoms with Crippen LogP contribution in [0.1, 0.15) is 61.3 Å². The summed E-state index contributed by atoms with van der Waals surface area (Å²) in [5.74, 6) is -0.102. The van der Waals surface area contributed by atoms with Crippen LogP contribution in [-0.4, -0.2) is 69.0 Å². The van der Waals surface area contributed by atoms with Crippen LogP contribution in [0.3, 0.4) is 0 Å². The largest absolute Gasteiger partial charge is 0.517 e. The van der Waals surface area contributed by atoms with E-state index < -0.39 is 17.1 Å². The summed E-state index contributed by atoms with van der Waals surface area (Å²) in [7, 11) is 0.500. The van der Waals surface area contributed by atoms with Gasteiger partial charge >= 0.3 is 14.8 Å². The van der Waals surface area contributed by atoms with Crippen molar-refractivity contribution in [3.63, 3.8) is 0 Å². The molecule has 0 aromatic rings. The Balaban J connectivity index is 4.74. The van der Waals surface area contributed by atoms with E-state index in [1.165, 1.54) is 0 Å². The van der Waals surface area contributed by atoms with E-state index in [1.807, 2.05) is 11.9 Å². The molecule has 0 atom stereocenters. The van der Waals surface area contributed by atoms with Crippen LogP contribution in [0.2, 0.25) is 22.7 Å². The first-order chi connectivity index (χ1) is 13.0. The van der Waals surface area contributed by atoms with Crippen LogP contribution < -0.4 is 0 Å². The van der Waals surface area contributed by atoms with Crippen LogP contribution in [0.25, 0.3) is 0 Å². The van der Waals surface area contributed by atoms with Crippen molar-refractivity contribution >= 4 is 23.1 Å². The molecule has 6 nitrogen and oxygen atoms in total. The third-order valence-corrected chi connectivity index (χ3v) is 14.4. The highest BCUT2D eigenvalue weighted by molar-refractivity contribution is 6.78. The summed E-state index contributed by atoms with van der Waals surface area (Å²) >= 11 is 0. The summed E-state index contributed by atoms with van der Waals surface area (Å²) in [4.78, 5) is 14.7. The number of nitrogens with zero attached hydrogens (tertiary/aromatic N) is 1. The Morgan fingerprint density at radius 3 is 1.86 bits per heavy atom. The number of likely N-dealkylation sites (N-methyl/N-ethyl adjacent to an activating group) is 1. The number of hydrogen-bond donors (Lipinski definition) is 0. The minimum Gasteiger partial charge on any atom is -0.517 e. The van der Waals surface area contributed by atoms with E-state index in [0.717, 1.165) is 25.4 Å². The zero-order chi connectivity index (χ0) is 22.0. The Morgan fingerprint density at radius 1 is 0.964 bits per heavy atom. The second-order valence-electron chi connectivity index (χ2n) is 8.57. The fourth-order valence-electron chi connectivity index (χ4n) is 4.18. The van der Waals surface area contributed by atoms with E-state index in [2.05, 4.69) is 48.5 Å². The van der Waals surface area contributed by atoms with Crippen molar-refractivity contribution in [3.05, 3.63) is 0 Å². The fourth-order valence-corrected chi connectivity index (χ4v) is 11.4. The summed E-state index contributed by atoms with van der Waals surface area (Å²) < 4.78 is 23.3. The Bertz CT molecular complexity index is 421. The maximum Gasteiger partial charge on any atom is 0.500 e. The van der Waals surface area contributed by atoms with Crippen LogP contribution in [0, 0.1) is 0 Å². The molecule has 0 heterocycles. The number of rotatable bonds is 15. The smallest absolute Gasteiger partial charge is 0.500 e. The molecule has 0 saturated carbocycles. The van der Waals surface area contributed by atoms with Crippen molar-refractivity contribution in [2.75, 3.05) is 41.0 Å². The van der Waals surface area contributed by atoms with E-state index in [-0.39, 0.29) is 5.97 Å². The highest BCUT2D eigenvalue weighted by Crippen LogP contribution is 2.42. The van der Waals surface area contributed by atoms with Gasteiger partial charge < -0.3 is 17.7 Å². The van der Waals surface area contributed by atoms with Gasteiger partial charge in [-0.2, -0.15) is 0 Å². The first-order valence-corrected chi connectivity index (χ1v) is 14.7. The van der Waals surface area contributed by atoms with Gasteiger partial charge in [0.05, 0.1) is 6.54 Å².